The molecule has 4 rings (SSSR count). The molecule has 1 aliphatic carbocycles. The number of thiazole rings is 1. The van der Waals surface area contributed by atoms with E-state index >= 15 is 0 Å². The fourth-order valence-corrected chi connectivity index (χ4v) is 5.49. The van der Waals surface area contributed by atoms with Crippen LogP contribution in [0.25, 0.3) is 0 Å². The maximum Gasteiger partial charge on any atom is 0.284 e. The maximum absolute atomic E-state index is 14.6. The Morgan fingerprint density at radius 3 is 2.79 bits per heavy atom. The molecule has 2 heterocycles. The van der Waals surface area contributed by atoms with E-state index in [1.807, 2.05) is 5.38 Å². The van der Waals surface area contributed by atoms with Gasteiger partial charge in [-0.15, -0.1) is 11.3 Å². The fourth-order valence-electron chi connectivity index (χ4n) is 3.25. The second-order valence-corrected chi connectivity index (χ2v) is 10.3. The molecule has 29 heavy (non-hydrogen) atoms. The fraction of sp³-hybridized carbons (Fsp3) is 0.389. The van der Waals surface area contributed by atoms with Crippen molar-refractivity contribution >= 4 is 38.9 Å². The summed E-state index contributed by atoms with van der Waals surface area (Å²) in [6.07, 6.45) is 2.18. The summed E-state index contributed by atoms with van der Waals surface area (Å²) in [5.41, 5.74) is 5.61. The number of carbonyl (C=O) groups is 1. The van der Waals surface area contributed by atoms with Gasteiger partial charge in [0.15, 0.2) is 5.01 Å². The van der Waals surface area contributed by atoms with Crippen LogP contribution in [0.2, 0.25) is 0 Å². The summed E-state index contributed by atoms with van der Waals surface area (Å²) in [5, 5.41) is 4.90. The third kappa shape index (κ3) is 3.71. The molecule has 8 nitrogen and oxygen atoms in total. The number of halogens is 1. The number of amides is 1. The van der Waals surface area contributed by atoms with Crippen molar-refractivity contribution in [2.45, 2.75) is 31.2 Å². The third-order valence-electron chi connectivity index (χ3n) is 5.08. The number of hydrogen-bond donors (Lipinski definition) is 2. The van der Waals surface area contributed by atoms with E-state index < -0.39 is 33.0 Å². The van der Waals surface area contributed by atoms with E-state index in [0.717, 1.165) is 22.8 Å². The Bertz CT molecular complexity index is 1130. The third-order valence-corrected chi connectivity index (χ3v) is 7.89. The minimum atomic E-state index is -3.75. The summed E-state index contributed by atoms with van der Waals surface area (Å²) in [6.45, 7) is 1.50. The van der Waals surface area contributed by atoms with Gasteiger partial charge in [0, 0.05) is 29.6 Å². The molecule has 1 amide bonds. The lowest BCUT2D eigenvalue weighted by atomic mass is 9.93. The number of aliphatic imine (C=N–C) groups is 1. The van der Waals surface area contributed by atoms with Gasteiger partial charge in [-0.25, -0.2) is 27.1 Å². The van der Waals surface area contributed by atoms with Crippen LogP contribution in [0.4, 0.5) is 10.1 Å². The van der Waals surface area contributed by atoms with Crippen LogP contribution in [-0.4, -0.2) is 42.4 Å². The predicted molar refractivity (Wildman–Crippen MR) is 109 cm³/mol. The lowest BCUT2D eigenvalue weighted by molar-refractivity contribution is 0.102. The van der Waals surface area contributed by atoms with E-state index in [0.29, 0.717) is 16.6 Å². The largest absolute Gasteiger partial charge is 0.369 e. The number of benzene rings is 1. The van der Waals surface area contributed by atoms with E-state index in [2.05, 4.69) is 15.3 Å². The van der Waals surface area contributed by atoms with Crippen LogP contribution < -0.4 is 11.1 Å². The molecule has 11 heteroatoms. The first-order valence-corrected chi connectivity index (χ1v) is 11.5. The van der Waals surface area contributed by atoms with Crippen LogP contribution in [0.5, 0.6) is 0 Å². The van der Waals surface area contributed by atoms with Crippen molar-refractivity contribution in [1.29, 1.82) is 0 Å². The molecule has 154 valence electrons. The Kier molecular flexibility index (Phi) is 4.61. The molecule has 0 radical (unpaired) electrons. The smallest absolute Gasteiger partial charge is 0.284 e. The second kappa shape index (κ2) is 6.77. The predicted octanol–water partition coefficient (Wildman–Crippen LogP) is 2.22. The Morgan fingerprint density at radius 2 is 2.14 bits per heavy atom. The standard InChI is InChI=1S/C18H20FN5O3S2/c1-18(9-29(26,27)24(2)17(20)23-18)12-7-11(5-6-13(12)19)21-15(25)16-22-14(8-28-16)10-3-4-10/h5-8,10H,3-4,9H2,1-2H3,(H2,20,23)(H,21,25)/t18-/m0/s1. The van der Waals surface area contributed by atoms with Crippen molar-refractivity contribution in [3.8, 4) is 0 Å². The molecule has 2 aromatic rings. The summed E-state index contributed by atoms with van der Waals surface area (Å²) in [6, 6.07) is 3.97. The first-order valence-electron chi connectivity index (χ1n) is 8.98. The lowest BCUT2D eigenvalue weighted by Gasteiger charge is -2.34. The average Bonchev–Trinajstić information content (AvgIpc) is 3.37. The van der Waals surface area contributed by atoms with Crippen molar-refractivity contribution in [3.63, 3.8) is 0 Å². The summed E-state index contributed by atoms with van der Waals surface area (Å²) in [5.74, 6) is -1.25. The van der Waals surface area contributed by atoms with Crippen LogP contribution in [0.1, 0.15) is 46.7 Å². The zero-order chi connectivity index (χ0) is 21.0. The van der Waals surface area contributed by atoms with Gasteiger partial charge in [0.2, 0.25) is 16.0 Å². The van der Waals surface area contributed by atoms with Gasteiger partial charge in [0.1, 0.15) is 11.4 Å². The Balaban J connectivity index is 1.63. The van der Waals surface area contributed by atoms with Gasteiger partial charge < -0.3 is 11.1 Å². The zero-order valence-electron chi connectivity index (χ0n) is 15.8. The summed E-state index contributed by atoms with van der Waals surface area (Å²) in [4.78, 5) is 21.1. The minimum absolute atomic E-state index is 0.0349. The van der Waals surface area contributed by atoms with Crippen LogP contribution in [0.3, 0.4) is 0 Å². The number of anilines is 1. The van der Waals surface area contributed by atoms with E-state index in [1.54, 1.807) is 0 Å². The second-order valence-electron chi connectivity index (χ2n) is 7.47. The van der Waals surface area contributed by atoms with Gasteiger partial charge in [0.05, 0.1) is 11.4 Å². The highest BCUT2D eigenvalue weighted by atomic mass is 32.2. The normalized spacial score (nSPS) is 23.6. The maximum atomic E-state index is 14.6. The van der Waals surface area contributed by atoms with Gasteiger partial charge in [-0.3, -0.25) is 4.79 Å². The number of nitrogens with two attached hydrogens (primary N) is 1. The molecule has 0 spiro atoms. The van der Waals surface area contributed by atoms with E-state index in [9.17, 15) is 17.6 Å². The first-order chi connectivity index (χ1) is 13.6. The molecule has 0 bridgehead atoms. The summed E-state index contributed by atoms with van der Waals surface area (Å²) in [7, 11) is -2.45. The van der Waals surface area contributed by atoms with Gasteiger partial charge >= 0.3 is 0 Å². The van der Waals surface area contributed by atoms with Crippen LogP contribution in [0.15, 0.2) is 28.6 Å². The van der Waals surface area contributed by atoms with Gasteiger partial charge in [0.25, 0.3) is 5.91 Å². The Morgan fingerprint density at radius 1 is 1.41 bits per heavy atom. The summed E-state index contributed by atoms with van der Waals surface area (Å²) < 4.78 is 40.2. The number of hydrogen-bond acceptors (Lipinski definition) is 7. The molecular formula is C18H20FN5O3S2. The van der Waals surface area contributed by atoms with Crippen molar-refractivity contribution in [3.05, 3.63) is 45.7 Å². The van der Waals surface area contributed by atoms with Crippen LogP contribution in [-0.2, 0) is 15.6 Å². The SMILES string of the molecule is CN1C(N)=N[C@](C)(c2cc(NC(=O)c3nc(C4CC4)cs3)ccc2F)CS1(=O)=O. The van der Waals surface area contributed by atoms with Crippen molar-refractivity contribution in [2.24, 2.45) is 10.7 Å². The van der Waals surface area contributed by atoms with Gasteiger partial charge in [-0.2, -0.15) is 0 Å². The monoisotopic (exact) mass is 437 g/mol. The number of sulfonamides is 1. The van der Waals surface area contributed by atoms with Crippen LogP contribution in [0, 0.1) is 5.82 Å². The zero-order valence-corrected chi connectivity index (χ0v) is 17.5. The number of rotatable bonds is 4. The molecule has 1 saturated carbocycles. The molecule has 1 aromatic heterocycles. The first kappa shape index (κ1) is 19.8. The molecule has 1 fully saturated rings. The van der Waals surface area contributed by atoms with E-state index in [-0.39, 0.29) is 11.5 Å². The Labute approximate surface area is 171 Å². The number of aromatic nitrogens is 1. The number of nitrogens with zero attached hydrogens (tertiary/aromatic N) is 3. The van der Waals surface area contributed by atoms with Crippen molar-refractivity contribution in [2.75, 3.05) is 18.1 Å². The molecule has 2 aliphatic rings. The molecule has 1 aliphatic heterocycles. The van der Waals surface area contributed by atoms with Gasteiger partial charge in [-0.1, -0.05) is 0 Å². The van der Waals surface area contributed by atoms with Gasteiger partial charge in [-0.05, 0) is 38.0 Å². The van der Waals surface area contributed by atoms with E-state index in [1.165, 1.54) is 43.5 Å². The minimum Gasteiger partial charge on any atom is -0.369 e. The molecule has 3 N–H and O–H groups in total. The number of nitrogens with one attached hydrogen (secondary N) is 1. The highest BCUT2D eigenvalue weighted by molar-refractivity contribution is 7.89. The van der Waals surface area contributed by atoms with Crippen LogP contribution >= 0.6 is 11.3 Å². The molecule has 1 aromatic carbocycles. The topological polar surface area (TPSA) is 118 Å². The lowest BCUT2D eigenvalue weighted by Crippen LogP contribution is -2.50. The van der Waals surface area contributed by atoms with Crippen molar-refractivity contribution < 1.29 is 17.6 Å². The van der Waals surface area contributed by atoms with Crippen molar-refractivity contribution in [1.82, 2.24) is 9.29 Å². The van der Waals surface area contributed by atoms with E-state index in [4.69, 9.17) is 5.73 Å². The average molecular weight is 438 g/mol. The Hall–Kier alpha value is -2.53. The number of carbonyl (C=O) groups excluding carboxylic acids is 1. The molecule has 1 atom stereocenters. The highest BCUT2D eigenvalue weighted by Gasteiger charge is 2.41. The summed E-state index contributed by atoms with van der Waals surface area (Å²) >= 11 is 1.26. The molecular weight excluding hydrogens is 417 g/mol. The number of guanidine groups is 1. The highest BCUT2D eigenvalue weighted by Crippen LogP contribution is 2.40. The molecule has 0 unspecified atom stereocenters. The molecule has 0 saturated heterocycles. The quantitative estimate of drug-likeness (QED) is 0.760.